The largest absolute Gasteiger partial charge is 0.462 e. The molecule has 3 fully saturated rings. The van der Waals surface area contributed by atoms with Gasteiger partial charge in [0.1, 0.15) is 17.6 Å². The second-order valence-corrected chi connectivity index (χ2v) is 12.9. The van der Waals surface area contributed by atoms with Crippen LogP contribution in [0.3, 0.4) is 0 Å². The number of rotatable bonds is 8. The molecule has 1 aliphatic carbocycles. The van der Waals surface area contributed by atoms with Gasteiger partial charge < -0.3 is 19.4 Å². The van der Waals surface area contributed by atoms with Crippen LogP contribution in [0.15, 0.2) is 55.0 Å². The first-order chi connectivity index (χ1) is 22.3. The average molecular weight is 640 g/mol. The Morgan fingerprint density at radius 1 is 1.09 bits per heavy atom. The number of carbonyl (C=O) groups is 1. The number of nitrogens with zero attached hydrogens (tertiary/aromatic N) is 7. The minimum absolute atomic E-state index is 0.0443. The zero-order valence-corrected chi connectivity index (χ0v) is 26.5. The van der Waals surface area contributed by atoms with Crippen LogP contribution in [0.5, 0.6) is 6.01 Å². The fourth-order valence-corrected chi connectivity index (χ4v) is 7.26. The van der Waals surface area contributed by atoms with E-state index >= 15 is 0 Å². The van der Waals surface area contributed by atoms with Crippen LogP contribution in [0.4, 0.5) is 10.2 Å². The predicted molar refractivity (Wildman–Crippen MR) is 177 cm³/mol. The zero-order valence-electron chi connectivity index (χ0n) is 25.8. The molecule has 0 N–H and O–H groups in total. The molecule has 4 aromatic rings. The molecule has 1 saturated carbocycles. The highest BCUT2D eigenvalue weighted by atomic mass is 35.5. The number of halogens is 2. The van der Waals surface area contributed by atoms with Crippen molar-refractivity contribution in [3.63, 3.8) is 0 Å². The van der Waals surface area contributed by atoms with Crippen molar-refractivity contribution >= 4 is 45.1 Å². The predicted octanol–water partition coefficient (Wildman–Crippen LogP) is 6.26. The number of nitriles is 1. The Balaban J connectivity index is 1.37. The smallest absolute Gasteiger partial charge is 0.319 e. The van der Waals surface area contributed by atoms with Gasteiger partial charge in [0.2, 0.25) is 0 Å². The lowest BCUT2D eigenvalue weighted by Gasteiger charge is -2.41. The van der Waals surface area contributed by atoms with Gasteiger partial charge in [0.05, 0.1) is 18.5 Å². The first-order valence-electron chi connectivity index (χ1n) is 15.8. The van der Waals surface area contributed by atoms with Gasteiger partial charge in [-0.1, -0.05) is 48.5 Å². The third-order valence-corrected chi connectivity index (χ3v) is 9.84. The lowest BCUT2D eigenvalue weighted by atomic mass is 9.93. The molecule has 3 aliphatic rings. The van der Waals surface area contributed by atoms with Gasteiger partial charge in [-0.2, -0.15) is 15.2 Å². The van der Waals surface area contributed by atoms with Crippen molar-refractivity contribution in [2.24, 2.45) is 0 Å². The lowest BCUT2D eigenvalue weighted by Crippen LogP contribution is -2.55. The maximum atomic E-state index is 13.9. The number of benzene rings is 2. The summed E-state index contributed by atoms with van der Waals surface area (Å²) in [5.41, 5.74) is 4.45. The number of aromatic nitrogens is 3. The minimum atomic E-state index is -1.03. The van der Waals surface area contributed by atoms with Gasteiger partial charge in [-0.3, -0.25) is 9.78 Å². The molecule has 9 nitrogen and oxygen atoms in total. The molecule has 2 unspecified atom stereocenters. The van der Waals surface area contributed by atoms with E-state index in [9.17, 15) is 14.4 Å². The Kier molecular flexibility index (Phi) is 8.22. The van der Waals surface area contributed by atoms with Crippen molar-refractivity contribution in [2.75, 3.05) is 44.7 Å². The second kappa shape index (κ2) is 12.5. The van der Waals surface area contributed by atoms with E-state index in [-0.39, 0.29) is 31.6 Å². The van der Waals surface area contributed by atoms with E-state index in [4.69, 9.17) is 31.3 Å². The molecule has 2 aromatic heterocycles. The number of ether oxygens (including phenoxy) is 1. The van der Waals surface area contributed by atoms with Crippen molar-refractivity contribution in [1.29, 1.82) is 5.26 Å². The van der Waals surface area contributed by atoms with E-state index in [1.54, 1.807) is 0 Å². The number of amides is 1. The summed E-state index contributed by atoms with van der Waals surface area (Å²) in [6.45, 7) is 5.55. The van der Waals surface area contributed by atoms with Gasteiger partial charge in [0.25, 0.3) is 5.91 Å². The van der Waals surface area contributed by atoms with E-state index in [0.29, 0.717) is 35.4 Å². The highest BCUT2D eigenvalue weighted by molar-refractivity contribution is 6.36. The van der Waals surface area contributed by atoms with Crippen LogP contribution in [0.25, 0.3) is 32.9 Å². The van der Waals surface area contributed by atoms with E-state index in [0.717, 1.165) is 65.2 Å². The molecular formula is C35H35ClFN7O2. The van der Waals surface area contributed by atoms with Crippen LogP contribution in [0.1, 0.15) is 43.6 Å². The Bertz CT molecular complexity index is 1890. The number of hydrogen-bond acceptors (Lipinski definition) is 8. The summed E-state index contributed by atoms with van der Waals surface area (Å²) in [5, 5.41) is 12.3. The van der Waals surface area contributed by atoms with Gasteiger partial charge in [-0.25, -0.2) is 4.39 Å². The maximum Gasteiger partial charge on any atom is 0.319 e. The molecule has 2 saturated heterocycles. The van der Waals surface area contributed by atoms with Crippen LogP contribution in [-0.2, 0) is 4.79 Å². The van der Waals surface area contributed by atoms with Gasteiger partial charge in [-0.05, 0) is 67.8 Å². The normalized spacial score (nSPS) is 20.3. The molecule has 11 heteroatoms. The first kappa shape index (κ1) is 30.3. The lowest BCUT2D eigenvalue weighted by molar-refractivity contribution is -0.131. The number of likely N-dealkylation sites (tertiary alicyclic amines) is 1. The minimum Gasteiger partial charge on any atom is -0.462 e. The van der Waals surface area contributed by atoms with Crippen LogP contribution >= 0.6 is 11.6 Å². The highest BCUT2D eigenvalue weighted by Crippen LogP contribution is 2.49. The number of likely N-dealkylation sites (N-methyl/N-ethyl adjacent to an activating group) is 1. The Morgan fingerprint density at radius 3 is 2.61 bits per heavy atom. The summed E-state index contributed by atoms with van der Waals surface area (Å²) in [6.07, 6.45) is 6.17. The quantitative estimate of drug-likeness (QED) is 0.208. The summed E-state index contributed by atoms with van der Waals surface area (Å²) in [6, 6.07) is 14.3. The molecule has 46 heavy (non-hydrogen) atoms. The summed E-state index contributed by atoms with van der Waals surface area (Å²) < 4.78 is 20.2. The summed E-state index contributed by atoms with van der Waals surface area (Å²) in [4.78, 5) is 33.2. The number of carbonyl (C=O) groups excluding carboxylic acids is 1. The van der Waals surface area contributed by atoms with Crippen LogP contribution in [-0.4, -0.2) is 82.6 Å². The molecule has 2 aliphatic heterocycles. The van der Waals surface area contributed by atoms with E-state index in [1.165, 1.54) is 4.90 Å². The molecule has 0 radical (unpaired) electrons. The van der Waals surface area contributed by atoms with Crippen molar-refractivity contribution in [1.82, 2.24) is 24.8 Å². The summed E-state index contributed by atoms with van der Waals surface area (Å²) in [5.74, 6) is -0.942. The average Bonchev–Trinajstić information content (AvgIpc) is 3.82. The standard InChI is InChI=1S/C35H35ClFN7O2/c1-21(37)34(45)44-17-16-43(19-24(44)13-14-38)33-32-31(40-35(41-33)46-20-25-8-5-15-42(25)2)30(23-11-12-23)27(18-39-32)26-9-3-6-22-7-4-10-28(36)29(22)26/h3-4,6-7,9-10,18,23-25H,1,5,8,11-13,15-17,19-20H2,2H3. The first-order valence-corrected chi connectivity index (χ1v) is 16.2. The second-order valence-electron chi connectivity index (χ2n) is 12.5. The summed E-state index contributed by atoms with van der Waals surface area (Å²) in [7, 11) is 2.10. The Hall–Kier alpha value is -4.33. The van der Waals surface area contributed by atoms with E-state index in [1.807, 2.05) is 29.3 Å². The number of fused-ring (bicyclic) bond motifs is 2. The van der Waals surface area contributed by atoms with E-state index < -0.39 is 17.8 Å². The number of pyridine rings is 1. The number of piperazine rings is 1. The van der Waals surface area contributed by atoms with Crippen LogP contribution in [0, 0.1) is 11.3 Å². The summed E-state index contributed by atoms with van der Waals surface area (Å²) >= 11 is 6.78. The monoisotopic (exact) mass is 639 g/mol. The van der Waals surface area contributed by atoms with Crippen molar-refractivity contribution in [3.8, 4) is 23.2 Å². The van der Waals surface area contributed by atoms with E-state index in [2.05, 4.69) is 42.8 Å². The topological polar surface area (TPSA) is 98.5 Å². The highest BCUT2D eigenvalue weighted by Gasteiger charge is 2.36. The molecule has 0 spiro atoms. The van der Waals surface area contributed by atoms with Crippen LogP contribution < -0.4 is 9.64 Å². The van der Waals surface area contributed by atoms with Gasteiger partial charge in [-0.15, -0.1) is 0 Å². The number of hydrogen-bond donors (Lipinski definition) is 0. The zero-order chi connectivity index (χ0) is 31.9. The van der Waals surface area contributed by atoms with Crippen molar-refractivity contribution in [3.05, 3.63) is 65.6 Å². The van der Waals surface area contributed by atoms with Crippen molar-refractivity contribution < 1.29 is 13.9 Å². The Morgan fingerprint density at radius 2 is 1.89 bits per heavy atom. The van der Waals surface area contributed by atoms with Gasteiger partial charge in [0, 0.05) is 47.8 Å². The number of anilines is 1. The molecule has 2 aromatic carbocycles. The maximum absolute atomic E-state index is 13.9. The fourth-order valence-electron chi connectivity index (χ4n) is 6.97. The van der Waals surface area contributed by atoms with Gasteiger partial charge >= 0.3 is 6.01 Å². The third-order valence-electron chi connectivity index (χ3n) is 9.52. The van der Waals surface area contributed by atoms with Crippen LogP contribution in [0.2, 0.25) is 5.02 Å². The molecule has 236 valence electrons. The third kappa shape index (κ3) is 5.63. The molecular weight excluding hydrogens is 605 g/mol. The fraction of sp³-hybridized carbons (Fsp3) is 0.400. The molecule has 7 rings (SSSR count). The molecule has 2 atom stereocenters. The van der Waals surface area contributed by atoms with Crippen molar-refractivity contribution in [2.45, 2.75) is 50.1 Å². The molecule has 4 heterocycles. The Labute approximate surface area is 272 Å². The molecule has 0 bridgehead atoms. The molecule has 1 amide bonds. The van der Waals surface area contributed by atoms with Gasteiger partial charge in [0.15, 0.2) is 11.6 Å². The SMILES string of the molecule is C=C(F)C(=O)N1CCN(c2nc(OCC3CCCN3C)nc3c(C4CC4)c(-c4cccc5cccc(Cl)c45)cnc23)CC1CC#N.